The van der Waals surface area contributed by atoms with E-state index in [9.17, 15) is 0 Å². The van der Waals surface area contributed by atoms with Gasteiger partial charge in [0.15, 0.2) is 0 Å². The molecule has 0 radical (unpaired) electrons. The Labute approximate surface area is 91.7 Å². The summed E-state index contributed by atoms with van der Waals surface area (Å²) < 4.78 is 5.44. The smallest absolute Gasteiger partial charge is 0.0550 e. The van der Waals surface area contributed by atoms with E-state index < -0.39 is 0 Å². The van der Waals surface area contributed by atoms with Gasteiger partial charge in [-0.2, -0.15) is 0 Å². The first-order chi connectivity index (χ1) is 7.33. The van der Waals surface area contributed by atoms with Gasteiger partial charge in [-0.1, -0.05) is 13.3 Å². The second-order valence-electron chi connectivity index (χ2n) is 4.30. The molecule has 2 rings (SSSR count). The lowest BCUT2D eigenvalue weighted by atomic mass is 9.94. The summed E-state index contributed by atoms with van der Waals surface area (Å²) in [6.07, 6.45) is 5.40. The van der Waals surface area contributed by atoms with Crippen LogP contribution in [0.1, 0.15) is 42.5 Å². The zero-order valence-corrected chi connectivity index (χ0v) is 9.62. The molecule has 1 saturated heterocycles. The van der Waals surface area contributed by atoms with Crippen LogP contribution in [0.15, 0.2) is 12.3 Å². The predicted octanol–water partition coefficient (Wildman–Crippen LogP) is 2.85. The number of nitrogens with zero attached hydrogens (tertiary/aromatic N) is 1. The van der Waals surface area contributed by atoms with Crippen LogP contribution < -0.4 is 0 Å². The second kappa shape index (κ2) is 4.75. The van der Waals surface area contributed by atoms with E-state index in [2.05, 4.69) is 24.9 Å². The van der Waals surface area contributed by atoms with Gasteiger partial charge < -0.3 is 4.74 Å². The summed E-state index contributed by atoms with van der Waals surface area (Å²) in [6, 6.07) is 2.12. The van der Waals surface area contributed by atoms with Gasteiger partial charge in [0.05, 0.1) is 6.61 Å². The summed E-state index contributed by atoms with van der Waals surface area (Å²) >= 11 is 0. The van der Waals surface area contributed by atoms with Crippen LogP contribution in [-0.4, -0.2) is 18.2 Å². The van der Waals surface area contributed by atoms with E-state index in [4.69, 9.17) is 4.74 Å². The molecule has 82 valence electrons. The maximum atomic E-state index is 5.44. The molecule has 1 fully saturated rings. The fourth-order valence-electron chi connectivity index (χ4n) is 2.29. The second-order valence-corrected chi connectivity index (χ2v) is 4.30. The molecule has 2 heteroatoms. The molecular formula is C13H19NO. The van der Waals surface area contributed by atoms with E-state index in [1.54, 1.807) is 0 Å². The minimum Gasteiger partial charge on any atom is -0.381 e. The van der Waals surface area contributed by atoms with Crippen LogP contribution in [0, 0.1) is 6.92 Å². The Hall–Kier alpha value is -0.890. The molecule has 0 bridgehead atoms. The summed E-state index contributed by atoms with van der Waals surface area (Å²) in [4.78, 5) is 4.56. The largest absolute Gasteiger partial charge is 0.381 e. The third kappa shape index (κ3) is 2.20. The fraction of sp³-hybridized carbons (Fsp3) is 0.615. The molecule has 0 saturated carbocycles. The van der Waals surface area contributed by atoms with Crippen LogP contribution in [0.2, 0.25) is 0 Å². The molecule has 1 aromatic rings. The summed E-state index contributed by atoms with van der Waals surface area (Å²) in [5.41, 5.74) is 4.12. The molecule has 15 heavy (non-hydrogen) atoms. The summed E-state index contributed by atoms with van der Waals surface area (Å²) in [5, 5.41) is 0. The van der Waals surface area contributed by atoms with Crippen LogP contribution in [0.25, 0.3) is 0 Å². The number of hydrogen-bond donors (Lipinski definition) is 0. The molecule has 2 nitrogen and oxygen atoms in total. The highest BCUT2D eigenvalue weighted by Crippen LogP contribution is 2.28. The van der Waals surface area contributed by atoms with Crippen molar-refractivity contribution >= 4 is 0 Å². The Bertz CT molecular complexity index is 329. The Morgan fingerprint density at radius 2 is 2.40 bits per heavy atom. The number of hydrogen-bond acceptors (Lipinski definition) is 2. The Morgan fingerprint density at radius 3 is 3.07 bits per heavy atom. The van der Waals surface area contributed by atoms with Gasteiger partial charge in [0.1, 0.15) is 0 Å². The molecule has 0 N–H and O–H groups in total. The lowest BCUT2D eigenvalue weighted by Gasteiger charge is -2.14. The first-order valence-electron chi connectivity index (χ1n) is 5.85. The van der Waals surface area contributed by atoms with Crippen LogP contribution >= 0.6 is 0 Å². The van der Waals surface area contributed by atoms with E-state index >= 15 is 0 Å². The van der Waals surface area contributed by atoms with Gasteiger partial charge >= 0.3 is 0 Å². The molecule has 0 spiro atoms. The molecule has 0 unspecified atom stereocenters. The van der Waals surface area contributed by atoms with Crippen molar-refractivity contribution in [1.82, 2.24) is 4.98 Å². The third-order valence-corrected chi connectivity index (χ3v) is 3.14. The highest BCUT2D eigenvalue weighted by Gasteiger charge is 2.22. The zero-order chi connectivity index (χ0) is 10.7. The molecule has 2 heterocycles. The third-order valence-electron chi connectivity index (χ3n) is 3.14. The van der Waals surface area contributed by atoms with Gasteiger partial charge in [0, 0.05) is 24.4 Å². The maximum absolute atomic E-state index is 5.44. The minimum atomic E-state index is 0.534. The van der Waals surface area contributed by atoms with E-state index in [-0.39, 0.29) is 0 Å². The maximum Gasteiger partial charge on any atom is 0.0550 e. The van der Waals surface area contributed by atoms with Crippen molar-refractivity contribution in [3.05, 3.63) is 29.1 Å². The summed E-state index contributed by atoms with van der Waals surface area (Å²) in [5.74, 6) is 0.534. The highest BCUT2D eigenvalue weighted by atomic mass is 16.5. The SMILES string of the molecule is CCCc1c(C)ccnc1[C@@H]1CCOC1. The molecule has 0 aromatic carbocycles. The van der Waals surface area contributed by atoms with Gasteiger partial charge in [0.2, 0.25) is 0 Å². The quantitative estimate of drug-likeness (QED) is 0.757. The number of aryl methyl sites for hydroxylation is 1. The van der Waals surface area contributed by atoms with E-state index in [1.807, 2.05) is 6.20 Å². The molecule has 1 aliphatic heterocycles. The van der Waals surface area contributed by atoms with E-state index in [0.717, 1.165) is 26.1 Å². The zero-order valence-electron chi connectivity index (χ0n) is 9.62. The molecule has 1 aliphatic rings. The first kappa shape index (κ1) is 10.6. The Morgan fingerprint density at radius 1 is 1.53 bits per heavy atom. The van der Waals surface area contributed by atoms with Crippen molar-refractivity contribution in [3.8, 4) is 0 Å². The lowest BCUT2D eigenvalue weighted by Crippen LogP contribution is -2.07. The van der Waals surface area contributed by atoms with Gasteiger partial charge in [0.25, 0.3) is 0 Å². The van der Waals surface area contributed by atoms with Gasteiger partial charge in [-0.25, -0.2) is 0 Å². The number of aromatic nitrogens is 1. The average molecular weight is 205 g/mol. The standard InChI is InChI=1S/C13H19NO/c1-3-4-12-10(2)5-7-14-13(12)11-6-8-15-9-11/h5,7,11H,3-4,6,8-9H2,1-2H3/t11-/m1/s1. The topological polar surface area (TPSA) is 22.1 Å². The lowest BCUT2D eigenvalue weighted by molar-refractivity contribution is 0.193. The van der Waals surface area contributed by atoms with Crippen LogP contribution in [0.5, 0.6) is 0 Å². The monoisotopic (exact) mass is 205 g/mol. The molecule has 0 amide bonds. The summed E-state index contributed by atoms with van der Waals surface area (Å²) in [6.45, 7) is 6.16. The van der Waals surface area contributed by atoms with E-state index in [1.165, 1.54) is 23.2 Å². The number of rotatable bonds is 3. The molecular weight excluding hydrogens is 186 g/mol. The highest BCUT2D eigenvalue weighted by molar-refractivity contribution is 5.31. The van der Waals surface area contributed by atoms with Gasteiger partial charge in [-0.3, -0.25) is 4.98 Å². The molecule has 1 atom stereocenters. The Balaban J connectivity index is 2.31. The first-order valence-corrected chi connectivity index (χ1v) is 5.85. The van der Waals surface area contributed by atoms with Crippen LogP contribution in [-0.2, 0) is 11.2 Å². The van der Waals surface area contributed by atoms with Crippen molar-refractivity contribution in [3.63, 3.8) is 0 Å². The van der Waals surface area contributed by atoms with E-state index in [0.29, 0.717) is 5.92 Å². The van der Waals surface area contributed by atoms with Crippen LogP contribution in [0.3, 0.4) is 0 Å². The van der Waals surface area contributed by atoms with Crippen molar-refractivity contribution in [2.24, 2.45) is 0 Å². The normalized spacial score (nSPS) is 20.8. The van der Waals surface area contributed by atoms with Gasteiger partial charge in [-0.15, -0.1) is 0 Å². The molecule has 1 aromatic heterocycles. The fourth-order valence-corrected chi connectivity index (χ4v) is 2.29. The minimum absolute atomic E-state index is 0.534. The van der Waals surface area contributed by atoms with Crippen molar-refractivity contribution < 1.29 is 4.74 Å². The number of pyridine rings is 1. The number of ether oxygens (including phenoxy) is 1. The van der Waals surface area contributed by atoms with Crippen molar-refractivity contribution in [2.45, 2.75) is 39.0 Å². The van der Waals surface area contributed by atoms with Crippen molar-refractivity contribution in [1.29, 1.82) is 0 Å². The molecule has 0 aliphatic carbocycles. The Kier molecular flexibility index (Phi) is 3.37. The average Bonchev–Trinajstić information content (AvgIpc) is 2.74. The predicted molar refractivity (Wildman–Crippen MR) is 61.1 cm³/mol. The summed E-state index contributed by atoms with van der Waals surface area (Å²) in [7, 11) is 0. The van der Waals surface area contributed by atoms with Crippen molar-refractivity contribution in [2.75, 3.05) is 13.2 Å². The van der Waals surface area contributed by atoms with Crippen LogP contribution in [0.4, 0.5) is 0 Å². The van der Waals surface area contributed by atoms with Gasteiger partial charge in [-0.05, 0) is 37.0 Å².